The number of phenols is 1. The number of piperidine rings is 1. The zero-order valence-electron chi connectivity index (χ0n) is 20.9. The second-order valence-electron chi connectivity index (χ2n) is 10.4. The van der Waals surface area contributed by atoms with Gasteiger partial charge in [-0.05, 0) is 102 Å². The average Bonchev–Trinajstić information content (AvgIpc) is 3.06. The Labute approximate surface area is 205 Å². The number of amides is 1. The number of benzene rings is 1. The molecule has 5 nitrogen and oxygen atoms in total. The molecular formula is C27H40ClN3O2. The van der Waals surface area contributed by atoms with Crippen LogP contribution in [0.4, 0.5) is 0 Å². The summed E-state index contributed by atoms with van der Waals surface area (Å²) in [6.07, 6.45) is 2.94. The van der Waals surface area contributed by atoms with Crippen LogP contribution in [0.25, 0.3) is 0 Å². The largest absolute Gasteiger partial charge is 0.508 e. The Kier molecular flexibility index (Phi) is 7.55. The summed E-state index contributed by atoms with van der Waals surface area (Å²) in [5, 5.41) is 10.2. The predicted octanol–water partition coefficient (Wildman–Crippen LogP) is 5.09. The normalized spacial score (nSPS) is 22.6. The Hall–Kier alpha value is -1.98. The van der Waals surface area contributed by atoms with E-state index in [0.717, 1.165) is 50.2 Å². The number of phenolic OH excluding ortho intramolecular Hbond substituents is 1. The Morgan fingerprint density at radius 1 is 1.27 bits per heavy atom. The molecule has 1 aromatic carbocycles. The zero-order chi connectivity index (χ0) is 23.2. The van der Waals surface area contributed by atoms with Crippen LogP contribution in [0.3, 0.4) is 0 Å². The van der Waals surface area contributed by atoms with Gasteiger partial charge in [0.05, 0.1) is 0 Å². The van der Waals surface area contributed by atoms with Crippen molar-refractivity contribution in [3.05, 3.63) is 52.3 Å². The van der Waals surface area contributed by atoms with Gasteiger partial charge >= 0.3 is 0 Å². The van der Waals surface area contributed by atoms with Gasteiger partial charge in [-0.15, -0.1) is 12.4 Å². The second-order valence-corrected chi connectivity index (χ2v) is 10.4. The molecule has 2 aromatic rings. The Bertz CT molecular complexity index is 991. The lowest BCUT2D eigenvalue weighted by atomic mass is 9.58. The zero-order valence-corrected chi connectivity index (χ0v) is 21.8. The molecule has 0 unspecified atom stereocenters. The van der Waals surface area contributed by atoms with E-state index in [9.17, 15) is 9.90 Å². The van der Waals surface area contributed by atoms with Gasteiger partial charge in [0.15, 0.2) is 0 Å². The van der Waals surface area contributed by atoms with Gasteiger partial charge in [0.1, 0.15) is 11.4 Å². The molecule has 1 aromatic heterocycles. The van der Waals surface area contributed by atoms with Crippen LogP contribution >= 0.6 is 12.4 Å². The SMILES string of the molecule is CCN1CC[C@@]2(c3cccc(O)c3)Cc3[nH]c(C(=O)N(C(C)C)C(C)C)c(C)c3C[C@@H]2C1.Cl. The number of nitrogens with one attached hydrogen (secondary N) is 1. The molecule has 182 valence electrons. The number of carbonyl (C=O) groups excluding carboxylic acids is 1. The lowest BCUT2D eigenvalue weighted by Gasteiger charge is -2.51. The van der Waals surface area contributed by atoms with E-state index in [-0.39, 0.29) is 35.8 Å². The Balaban J connectivity index is 0.00000306. The fraction of sp³-hybridized carbons (Fsp3) is 0.593. The highest BCUT2D eigenvalue weighted by Crippen LogP contribution is 2.49. The van der Waals surface area contributed by atoms with E-state index in [1.54, 1.807) is 6.07 Å². The number of hydrogen-bond acceptors (Lipinski definition) is 3. The van der Waals surface area contributed by atoms with E-state index < -0.39 is 0 Å². The molecule has 1 aliphatic heterocycles. The molecule has 2 aliphatic rings. The molecule has 2 N–H and O–H groups in total. The highest BCUT2D eigenvalue weighted by atomic mass is 35.5. The first-order chi connectivity index (χ1) is 15.2. The van der Waals surface area contributed by atoms with Crippen LogP contribution in [0.1, 0.15) is 73.9 Å². The first kappa shape index (κ1) is 25.6. The number of nitrogens with zero attached hydrogens (tertiary/aromatic N) is 2. The third-order valence-electron chi connectivity index (χ3n) is 7.97. The van der Waals surface area contributed by atoms with Crippen LogP contribution in [0, 0.1) is 12.8 Å². The molecule has 33 heavy (non-hydrogen) atoms. The molecule has 1 amide bonds. The van der Waals surface area contributed by atoms with Crippen molar-refractivity contribution in [3.63, 3.8) is 0 Å². The van der Waals surface area contributed by atoms with Crippen molar-refractivity contribution in [2.45, 2.75) is 78.3 Å². The number of aromatic hydroxyl groups is 1. The summed E-state index contributed by atoms with van der Waals surface area (Å²) in [5.41, 5.74) is 5.64. The van der Waals surface area contributed by atoms with E-state index in [1.807, 2.05) is 17.0 Å². The predicted molar refractivity (Wildman–Crippen MR) is 137 cm³/mol. The summed E-state index contributed by atoms with van der Waals surface area (Å²) in [6.45, 7) is 15.9. The number of carbonyl (C=O) groups is 1. The quantitative estimate of drug-likeness (QED) is 0.636. The molecule has 0 radical (unpaired) electrons. The molecule has 2 heterocycles. The molecular weight excluding hydrogens is 434 g/mol. The number of hydrogen-bond donors (Lipinski definition) is 2. The summed E-state index contributed by atoms with van der Waals surface area (Å²) in [4.78, 5) is 21.6. The first-order valence-electron chi connectivity index (χ1n) is 12.2. The smallest absolute Gasteiger partial charge is 0.271 e. The van der Waals surface area contributed by atoms with Gasteiger partial charge in [-0.3, -0.25) is 4.79 Å². The lowest BCUT2D eigenvalue weighted by Crippen LogP contribution is -2.53. The third-order valence-corrected chi connectivity index (χ3v) is 7.97. The van der Waals surface area contributed by atoms with Crippen molar-refractivity contribution in [1.29, 1.82) is 0 Å². The average molecular weight is 474 g/mol. The summed E-state index contributed by atoms with van der Waals surface area (Å²) in [6, 6.07) is 8.17. The molecule has 1 fully saturated rings. The number of rotatable bonds is 5. The third kappa shape index (κ3) is 4.42. The van der Waals surface area contributed by atoms with E-state index in [1.165, 1.54) is 16.8 Å². The van der Waals surface area contributed by atoms with Crippen molar-refractivity contribution in [2.24, 2.45) is 5.92 Å². The minimum absolute atomic E-state index is 0. The number of H-pyrrole nitrogens is 1. The second kappa shape index (κ2) is 9.71. The monoisotopic (exact) mass is 473 g/mol. The number of aromatic nitrogens is 1. The van der Waals surface area contributed by atoms with Crippen LogP contribution in [-0.4, -0.2) is 57.5 Å². The van der Waals surface area contributed by atoms with Crippen LogP contribution < -0.4 is 0 Å². The van der Waals surface area contributed by atoms with E-state index >= 15 is 0 Å². The van der Waals surface area contributed by atoms with Gasteiger partial charge in [0.25, 0.3) is 5.91 Å². The number of halogens is 1. The van der Waals surface area contributed by atoms with Gasteiger partial charge < -0.3 is 19.9 Å². The maximum atomic E-state index is 13.5. The number of fused-ring (bicyclic) bond motifs is 2. The summed E-state index contributed by atoms with van der Waals surface area (Å²) >= 11 is 0. The fourth-order valence-electron chi connectivity index (χ4n) is 6.31. The summed E-state index contributed by atoms with van der Waals surface area (Å²) < 4.78 is 0. The van der Waals surface area contributed by atoms with Crippen molar-refractivity contribution in [1.82, 2.24) is 14.8 Å². The van der Waals surface area contributed by atoms with Crippen molar-refractivity contribution < 1.29 is 9.90 Å². The number of likely N-dealkylation sites (tertiary alicyclic amines) is 1. The Morgan fingerprint density at radius 2 is 1.97 bits per heavy atom. The van der Waals surface area contributed by atoms with Gasteiger partial charge in [-0.1, -0.05) is 19.1 Å². The van der Waals surface area contributed by atoms with Crippen LogP contribution in [0.2, 0.25) is 0 Å². The van der Waals surface area contributed by atoms with Crippen LogP contribution in [0.5, 0.6) is 5.75 Å². The molecule has 1 saturated heterocycles. The molecule has 2 atom stereocenters. The van der Waals surface area contributed by atoms with Gasteiger partial charge in [-0.25, -0.2) is 0 Å². The van der Waals surface area contributed by atoms with Gasteiger partial charge in [0.2, 0.25) is 0 Å². The molecule has 0 spiro atoms. The van der Waals surface area contributed by atoms with Crippen molar-refractivity contribution in [2.75, 3.05) is 19.6 Å². The maximum absolute atomic E-state index is 13.5. The van der Waals surface area contributed by atoms with Crippen molar-refractivity contribution >= 4 is 18.3 Å². The lowest BCUT2D eigenvalue weighted by molar-refractivity contribution is 0.0637. The van der Waals surface area contributed by atoms with E-state index in [4.69, 9.17) is 0 Å². The Morgan fingerprint density at radius 3 is 2.58 bits per heavy atom. The minimum Gasteiger partial charge on any atom is -0.508 e. The highest BCUT2D eigenvalue weighted by molar-refractivity contribution is 5.95. The van der Waals surface area contributed by atoms with E-state index in [0.29, 0.717) is 11.7 Å². The molecule has 1 aliphatic carbocycles. The first-order valence-corrected chi connectivity index (χ1v) is 12.2. The molecule has 0 bridgehead atoms. The highest BCUT2D eigenvalue weighted by Gasteiger charge is 2.48. The number of aromatic amines is 1. The maximum Gasteiger partial charge on any atom is 0.271 e. The van der Waals surface area contributed by atoms with Gasteiger partial charge in [-0.2, -0.15) is 0 Å². The molecule has 6 heteroatoms. The topological polar surface area (TPSA) is 59.6 Å². The molecule has 4 rings (SSSR count). The minimum atomic E-state index is -0.00912. The van der Waals surface area contributed by atoms with Crippen LogP contribution in [0.15, 0.2) is 24.3 Å². The van der Waals surface area contributed by atoms with Crippen LogP contribution in [-0.2, 0) is 18.3 Å². The van der Waals surface area contributed by atoms with Crippen molar-refractivity contribution in [3.8, 4) is 5.75 Å². The fourth-order valence-corrected chi connectivity index (χ4v) is 6.31. The summed E-state index contributed by atoms with van der Waals surface area (Å²) in [7, 11) is 0. The molecule has 0 saturated carbocycles. The summed E-state index contributed by atoms with van der Waals surface area (Å²) in [5.74, 6) is 0.906. The van der Waals surface area contributed by atoms with E-state index in [2.05, 4.69) is 57.5 Å². The standard InChI is InChI=1S/C27H39N3O2.ClH/c1-7-29-12-11-27(20-9-8-10-22(31)13-20)15-24-23(14-21(27)16-29)19(6)25(28-24)26(32)30(17(2)3)18(4)5;/h8-10,13,17-18,21,28,31H,7,11-12,14-16H2,1-6H3;1H/t21-,27+;/m1./s1. The van der Waals surface area contributed by atoms with Gasteiger partial charge in [0, 0.05) is 29.7 Å².